The van der Waals surface area contributed by atoms with Crippen LogP contribution in [0.15, 0.2) is 16.8 Å². The quantitative estimate of drug-likeness (QED) is 0.862. The molecule has 1 aromatic heterocycles. The third kappa shape index (κ3) is 4.54. The Morgan fingerprint density at radius 3 is 2.61 bits per heavy atom. The van der Waals surface area contributed by atoms with E-state index in [1.54, 1.807) is 6.92 Å². The fourth-order valence-corrected chi connectivity index (χ4v) is 3.59. The molecule has 1 saturated heterocycles. The minimum atomic E-state index is -1.05. The fraction of sp³-hybridized carbons (Fsp3) is 0.647. The minimum Gasteiger partial charge on any atom is -0.384 e. The number of thiophene rings is 1. The molecule has 0 aliphatic carbocycles. The largest absolute Gasteiger partial charge is 0.384 e. The van der Waals surface area contributed by atoms with Crippen molar-refractivity contribution in [3.63, 3.8) is 0 Å². The lowest BCUT2D eigenvalue weighted by molar-refractivity contribution is -0.138. The number of piperidine rings is 1. The van der Waals surface area contributed by atoms with Gasteiger partial charge < -0.3 is 15.3 Å². The average Bonchev–Trinajstić information content (AvgIpc) is 3.07. The molecule has 1 aliphatic rings. The fourth-order valence-electron chi connectivity index (χ4n) is 2.80. The second-order valence-corrected chi connectivity index (χ2v) is 7.54. The molecule has 5 nitrogen and oxygen atoms in total. The number of carbonyl (C=O) groups excluding carboxylic acids is 2. The smallest absolute Gasteiger partial charge is 0.225 e. The van der Waals surface area contributed by atoms with Gasteiger partial charge in [-0.2, -0.15) is 11.3 Å². The topological polar surface area (TPSA) is 69.6 Å². The van der Waals surface area contributed by atoms with Crippen molar-refractivity contribution in [2.75, 3.05) is 19.6 Å². The summed E-state index contributed by atoms with van der Waals surface area (Å²) >= 11 is 1.52. The van der Waals surface area contributed by atoms with Crippen LogP contribution in [0.2, 0.25) is 0 Å². The Kier molecular flexibility index (Phi) is 5.81. The summed E-state index contributed by atoms with van der Waals surface area (Å²) in [5, 5.41) is 17.1. The standard InChI is InChI=1S/C17H26N2O3S/c1-12(2)16(21)19-7-4-13(5-8-19)15(20)18-11-17(3,22)14-6-9-23-10-14/h6,9-10,12-13,22H,4-5,7-8,11H2,1-3H3,(H,18,20). The summed E-state index contributed by atoms with van der Waals surface area (Å²) in [6.07, 6.45) is 1.37. The molecular formula is C17H26N2O3S. The van der Waals surface area contributed by atoms with E-state index in [0.29, 0.717) is 25.9 Å². The SMILES string of the molecule is CC(C)C(=O)N1CCC(C(=O)NCC(C)(O)c2ccsc2)CC1. The van der Waals surface area contributed by atoms with Crippen LogP contribution in [-0.2, 0) is 15.2 Å². The van der Waals surface area contributed by atoms with Gasteiger partial charge in [0, 0.05) is 24.9 Å². The molecule has 6 heteroatoms. The van der Waals surface area contributed by atoms with Crippen molar-refractivity contribution in [1.82, 2.24) is 10.2 Å². The highest BCUT2D eigenvalue weighted by Crippen LogP contribution is 2.23. The van der Waals surface area contributed by atoms with Gasteiger partial charge in [-0.25, -0.2) is 0 Å². The molecule has 1 unspecified atom stereocenters. The Bertz CT molecular complexity index is 532. The third-order valence-electron chi connectivity index (χ3n) is 4.42. The molecule has 1 fully saturated rings. The number of hydrogen-bond acceptors (Lipinski definition) is 4. The van der Waals surface area contributed by atoms with Crippen LogP contribution in [0.3, 0.4) is 0 Å². The molecule has 0 aromatic carbocycles. The van der Waals surface area contributed by atoms with Gasteiger partial charge in [-0.05, 0) is 42.2 Å². The monoisotopic (exact) mass is 338 g/mol. The van der Waals surface area contributed by atoms with E-state index in [4.69, 9.17) is 0 Å². The van der Waals surface area contributed by atoms with E-state index >= 15 is 0 Å². The summed E-state index contributed by atoms with van der Waals surface area (Å²) in [5.74, 6) is 0.0481. The van der Waals surface area contributed by atoms with E-state index in [1.807, 2.05) is 35.6 Å². The number of rotatable bonds is 5. The normalized spacial score (nSPS) is 18.7. The Morgan fingerprint density at radius 1 is 1.43 bits per heavy atom. The first kappa shape index (κ1) is 17.9. The maximum absolute atomic E-state index is 12.3. The van der Waals surface area contributed by atoms with E-state index in [-0.39, 0.29) is 30.2 Å². The highest BCUT2D eigenvalue weighted by Gasteiger charge is 2.30. The van der Waals surface area contributed by atoms with E-state index in [2.05, 4.69) is 5.32 Å². The number of likely N-dealkylation sites (tertiary alicyclic amines) is 1. The second kappa shape index (κ2) is 7.45. The van der Waals surface area contributed by atoms with Crippen molar-refractivity contribution in [3.8, 4) is 0 Å². The molecule has 1 aliphatic heterocycles. The molecule has 1 atom stereocenters. The van der Waals surface area contributed by atoms with Crippen LogP contribution in [0.4, 0.5) is 0 Å². The van der Waals surface area contributed by atoms with Gasteiger partial charge in [-0.1, -0.05) is 13.8 Å². The Hall–Kier alpha value is -1.40. The van der Waals surface area contributed by atoms with Crippen LogP contribution in [0, 0.1) is 11.8 Å². The molecule has 128 valence electrons. The maximum Gasteiger partial charge on any atom is 0.225 e. The molecule has 0 radical (unpaired) electrons. The van der Waals surface area contributed by atoms with Crippen LogP contribution < -0.4 is 5.32 Å². The lowest BCUT2D eigenvalue weighted by Gasteiger charge is -2.33. The predicted octanol–water partition coefficient (Wildman–Crippen LogP) is 1.97. The summed E-state index contributed by atoms with van der Waals surface area (Å²) in [6, 6.07) is 1.87. The highest BCUT2D eigenvalue weighted by atomic mass is 32.1. The Balaban J connectivity index is 1.80. The van der Waals surface area contributed by atoms with E-state index < -0.39 is 5.60 Å². The molecule has 2 heterocycles. The van der Waals surface area contributed by atoms with Gasteiger partial charge in [-0.15, -0.1) is 0 Å². The number of nitrogens with zero attached hydrogens (tertiary/aromatic N) is 1. The summed E-state index contributed by atoms with van der Waals surface area (Å²) in [6.45, 7) is 6.97. The highest BCUT2D eigenvalue weighted by molar-refractivity contribution is 7.08. The molecule has 2 amide bonds. The minimum absolute atomic E-state index is 0.00100. The lowest BCUT2D eigenvalue weighted by atomic mass is 9.94. The van der Waals surface area contributed by atoms with Crippen molar-refractivity contribution in [2.24, 2.45) is 11.8 Å². The first-order valence-corrected chi connectivity index (χ1v) is 9.07. The van der Waals surface area contributed by atoms with E-state index in [9.17, 15) is 14.7 Å². The van der Waals surface area contributed by atoms with Crippen molar-refractivity contribution in [2.45, 2.75) is 39.2 Å². The lowest BCUT2D eigenvalue weighted by Crippen LogP contribution is -2.46. The van der Waals surface area contributed by atoms with Crippen LogP contribution >= 0.6 is 11.3 Å². The van der Waals surface area contributed by atoms with E-state index in [0.717, 1.165) is 5.56 Å². The number of carbonyl (C=O) groups is 2. The van der Waals surface area contributed by atoms with Crippen molar-refractivity contribution in [3.05, 3.63) is 22.4 Å². The molecule has 0 saturated carbocycles. The van der Waals surface area contributed by atoms with Crippen LogP contribution in [-0.4, -0.2) is 41.5 Å². The van der Waals surface area contributed by atoms with Gasteiger partial charge in [0.15, 0.2) is 0 Å². The van der Waals surface area contributed by atoms with Gasteiger partial charge in [-0.3, -0.25) is 9.59 Å². The first-order valence-electron chi connectivity index (χ1n) is 8.13. The predicted molar refractivity (Wildman–Crippen MR) is 91.0 cm³/mol. The molecule has 0 bridgehead atoms. The summed E-state index contributed by atoms with van der Waals surface area (Å²) in [4.78, 5) is 26.1. The Labute approximate surface area is 141 Å². The van der Waals surface area contributed by atoms with Crippen molar-refractivity contribution >= 4 is 23.2 Å². The van der Waals surface area contributed by atoms with Crippen LogP contribution in [0.25, 0.3) is 0 Å². The van der Waals surface area contributed by atoms with Crippen LogP contribution in [0.1, 0.15) is 39.2 Å². The zero-order valence-electron chi connectivity index (χ0n) is 14.0. The summed E-state index contributed by atoms with van der Waals surface area (Å²) in [5.41, 5.74) is -0.232. The molecule has 0 spiro atoms. The molecule has 1 aromatic rings. The van der Waals surface area contributed by atoms with E-state index in [1.165, 1.54) is 11.3 Å². The zero-order chi connectivity index (χ0) is 17.0. The van der Waals surface area contributed by atoms with Crippen molar-refractivity contribution in [1.29, 1.82) is 0 Å². The summed E-state index contributed by atoms with van der Waals surface area (Å²) in [7, 11) is 0. The second-order valence-electron chi connectivity index (χ2n) is 6.76. The van der Waals surface area contributed by atoms with Gasteiger partial charge in [0.05, 0.1) is 6.54 Å². The number of aliphatic hydroxyl groups is 1. The van der Waals surface area contributed by atoms with Gasteiger partial charge in [0.2, 0.25) is 11.8 Å². The maximum atomic E-state index is 12.3. The van der Waals surface area contributed by atoms with Crippen LogP contribution in [0.5, 0.6) is 0 Å². The number of nitrogens with one attached hydrogen (secondary N) is 1. The zero-order valence-corrected chi connectivity index (χ0v) is 14.9. The Morgan fingerprint density at radius 2 is 2.09 bits per heavy atom. The van der Waals surface area contributed by atoms with Gasteiger partial charge in [0.25, 0.3) is 0 Å². The number of amides is 2. The van der Waals surface area contributed by atoms with Crippen molar-refractivity contribution < 1.29 is 14.7 Å². The van der Waals surface area contributed by atoms with Gasteiger partial charge >= 0.3 is 0 Å². The third-order valence-corrected chi connectivity index (χ3v) is 5.10. The molecular weight excluding hydrogens is 312 g/mol. The molecule has 2 rings (SSSR count). The average molecular weight is 338 g/mol. The number of hydrogen-bond donors (Lipinski definition) is 2. The molecule has 23 heavy (non-hydrogen) atoms. The summed E-state index contributed by atoms with van der Waals surface area (Å²) < 4.78 is 0. The molecule has 2 N–H and O–H groups in total. The first-order chi connectivity index (χ1) is 10.8. The van der Waals surface area contributed by atoms with Gasteiger partial charge in [0.1, 0.15) is 5.60 Å².